The van der Waals surface area contributed by atoms with Crippen LogP contribution in [0.5, 0.6) is 5.75 Å². The van der Waals surface area contributed by atoms with Gasteiger partial charge in [-0.15, -0.1) is 0 Å². The first-order valence-corrected chi connectivity index (χ1v) is 7.31. The van der Waals surface area contributed by atoms with Gasteiger partial charge in [-0.3, -0.25) is 0 Å². The molecule has 1 fully saturated rings. The molecule has 19 heavy (non-hydrogen) atoms. The molecule has 3 unspecified atom stereocenters. The predicted octanol–water partition coefficient (Wildman–Crippen LogP) is 3.30. The second-order valence-corrected chi connectivity index (χ2v) is 5.81. The molecule has 0 aliphatic carbocycles. The molecular formula is C16H26N2O. The molecule has 1 heterocycles. The Kier molecular flexibility index (Phi) is 4.35. The van der Waals surface area contributed by atoms with E-state index in [9.17, 15) is 5.11 Å². The van der Waals surface area contributed by atoms with Crippen LogP contribution in [0.15, 0.2) is 18.2 Å². The second kappa shape index (κ2) is 5.83. The second-order valence-electron chi connectivity index (χ2n) is 5.81. The fourth-order valence-electron chi connectivity index (χ4n) is 2.93. The Hall–Kier alpha value is -1.22. The first kappa shape index (κ1) is 14.2. The van der Waals surface area contributed by atoms with E-state index in [4.69, 9.17) is 0 Å². The lowest BCUT2D eigenvalue weighted by Crippen LogP contribution is -2.42. The van der Waals surface area contributed by atoms with Crippen molar-refractivity contribution in [3.05, 3.63) is 23.8 Å². The maximum atomic E-state index is 10.2. The van der Waals surface area contributed by atoms with Crippen LogP contribution in [0, 0.1) is 5.92 Å². The molecule has 106 valence electrons. The summed E-state index contributed by atoms with van der Waals surface area (Å²) in [5.41, 5.74) is 2.10. The summed E-state index contributed by atoms with van der Waals surface area (Å²) in [6.45, 7) is 7.74. The van der Waals surface area contributed by atoms with Gasteiger partial charge in [0.05, 0.1) is 0 Å². The molecule has 1 aliphatic heterocycles. The zero-order valence-corrected chi connectivity index (χ0v) is 12.5. The van der Waals surface area contributed by atoms with Crippen molar-refractivity contribution in [3.8, 4) is 5.75 Å². The molecule has 2 N–H and O–H groups in total. The van der Waals surface area contributed by atoms with Crippen LogP contribution in [0.2, 0.25) is 0 Å². The Balaban J connectivity index is 2.24. The summed E-state index contributed by atoms with van der Waals surface area (Å²) >= 11 is 0. The molecule has 0 bridgehead atoms. The molecule has 3 atom stereocenters. The molecule has 2 rings (SSSR count). The number of phenols is 1. The van der Waals surface area contributed by atoms with E-state index in [0.717, 1.165) is 17.8 Å². The van der Waals surface area contributed by atoms with Gasteiger partial charge in [0.1, 0.15) is 5.75 Å². The number of rotatable bonds is 3. The number of aromatic hydroxyl groups is 1. The average Bonchev–Trinajstić information content (AvgIpc) is 2.41. The number of hydrogen-bond donors (Lipinski definition) is 2. The van der Waals surface area contributed by atoms with Crippen molar-refractivity contribution < 1.29 is 5.11 Å². The lowest BCUT2D eigenvalue weighted by molar-refractivity contribution is 0.363. The lowest BCUT2D eigenvalue weighted by atomic mass is 9.91. The van der Waals surface area contributed by atoms with Crippen molar-refractivity contribution in [1.29, 1.82) is 0 Å². The molecule has 0 amide bonds. The number of benzene rings is 1. The van der Waals surface area contributed by atoms with Gasteiger partial charge in [0.15, 0.2) is 0 Å². The van der Waals surface area contributed by atoms with E-state index in [0.29, 0.717) is 17.7 Å². The molecule has 0 saturated carbocycles. The van der Waals surface area contributed by atoms with Crippen molar-refractivity contribution >= 4 is 5.69 Å². The SMILES string of the molecule is CNC(C)c1ccc(N2CCCC(C)C2C)cc1O. The smallest absolute Gasteiger partial charge is 0.122 e. The highest BCUT2D eigenvalue weighted by atomic mass is 16.3. The summed E-state index contributed by atoms with van der Waals surface area (Å²) in [7, 11) is 1.91. The van der Waals surface area contributed by atoms with Crippen LogP contribution in [0.1, 0.15) is 45.2 Å². The van der Waals surface area contributed by atoms with Gasteiger partial charge in [0, 0.05) is 35.9 Å². The average molecular weight is 262 g/mol. The lowest BCUT2D eigenvalue weighted by Gasteiger charge is -2.39. The van der Waals surface area contributed by atoms with Crippen molar-refractivity contribution in [2.24, 2.45) is 5.92 Å². The molecule has 1 aromatic carbocycles. The first-order valence-electron chi connectivity index (χ1n) is 7.31. The first-order chi connectivity index (χ1) is 9.04. The maximum Gasteiger partial charge on any atom is 0.122 e. The Morgan fingerprint density at radius 1 is 1.37 bits per heavy atom. The Morgan fingerprint density at radius 2 is 2.11 bits per heavy atom. The summed E-state index contributed by atoms with van der Waals surface area (Å²) in [6, 6.07) is 6.81. The maximum absolute atomic E-state index is 10.2. The topological polar surface area (TPSA) is 35.5 Å². The zero-order chi connectivity index (χ0) is 14.0. The number of nitrogens with one attached hydrogen (secondary N) is 1. The number of anilines is 1. The number of phenolic OH excluding ortho intramolecular Hbond substituents is 1. The largest absolute Gasteiger partial charge is 0.508 e. The minimum Gasteiger partial charge on any atom is -0.508 e. The van der Waals surface area contributed by atoms with Crippen molar-refractivity contribution in [2.75, 3.05) is 18.5 Å². The molecule has 0 spiro atoms. The zero-order valence-electron chi connectivity index (χ0n) is 12.5. The molecular weight excluding hydrogens is 236 g/mol. The van der Waals surface area contributed by atoms with Gasteiger partial charge >= 0.3 is 0 Å². The Bertz CT molecular complexity index is 433. The van der Waals surface area contributed by atoms with Crippen LogP contribution in [0.3, 0.4) is 0 Å². The highest BCUT2D eigenvalue weighted by molar-refractivity contribution is 5.55. The van der Waals surface area contributed by atoms with Gasteiger partial charge in [0.2, 0.25) is 0 Å². The summed E-state index contributed by atoms with van der Waals surface area (Å²) < 4.78 is 0. The van der Waals surface area contributed by atoms with Crippen LogP contribution in [-0.2, 0) is 0 Å². The quantitative estimate of drug-likeness (QED) is 0.877. The van der Waals surface area contributed by atoms with Crippen LogP contribution in [-0.4, -0.2) is 24.7 Å². The molecule has 1 saturated heterocycles. The van der Waals surface area contributed by atoms with Crippen molar-refractivity contribution in [1.82, 2.24) is 5.32 Å². The summed E-state index contributed by atoms with van der Waals surface area (Å²) in [5.74, 6) is 1.11. The Labute approximate surface area is 116 Å². The fraction of sp³-hybridized carbons (Fsp3) is 0.625. The van der Waals surface area contributed by atoms with Gasteiger partial charge in [-0.05, 0) is 45.7 Å². The van der Waals surface area contributed by atoms with E-state index in [1.807, 2.05) is 19.2 Å². The van der Waals surface area contributed by atoms with Crippen LogP contribution in [0.25, 0.3) is 0 Å². The van der Waals surface area contributed by atoms with Gasteiger partial charge in [-0.1, -0.05) is 13.0 Å². The number of nitrogens with zero attached hydrogens (tertiary/aromatic N) is 1. The molecule has 1 aliphatic rings. The minimum atomic E-state index is 0.173. The number of hydrogen-bond acceptors (Lipinski definition) is 3. The van der Waals surface area contributed by atoms with Gasteiger partial charge in [-0.25, -0.2) is 0 Å². The molecule has 0 radical (unpaired) electrons. The van der Waals surface area contributed by atoms with E-state index in [-0.39, 0.29) is 6.04 Å². The predicted molar refractivity (Wildman–Crippen MR) is 80.8 cm³/mol. The van der Waals surface area contributed by atoms with Gasteiger partial charge in [0.25, 0.3) is 0 Å². The molecule has 3 nitrogen and oxygen atoms in total. The van der Waals surface area contributed by atoms with Crippen LogP contribution < -0.4 is 10.2 Å². The molecule has 3 heteroatoms. The normalized spacial score (nSPS) is 25.4. The third-order valence-electron chi connectivity index (χ3n) is 4.62. The standard InChI is InChI=1S/C16H26N2O/c1-11-6-5-9-18(13(11)3)14-7-8-15(12(2)17-4)16(19)10-14/h7-8,10-13,17,19H,5-6,9H2,1-4H3. The summed E-state index contributed by atoms with van der Waals surface area (Å²) in [5, 5.41) is 13.4. The minimum absolute atomic E-state index is 0.173. The van der Waals surface area contributed by atoms with E-state index in [2.05, 4.69) is 37.1 Å². The monoisotopic (exact) mass is 262 g/mol. The number of piperidine rings is 1. The summed E-state index contributed by atoms with van der Waals surface area (Å²) in [6.07, 6.45) is 2.54. The molecule has 1 aromatic rings. The van der Waals surface area contributed by atoms with Crippen molar-refractivity contribution in [3.63, 3.8) is 0 Å². The third-order valence-corrected chi connectivity index (χ3v) is 4.62. The van der Waals surface area contributed by atoms with Crippen LogP contribution >= 0.6 is 0 Å². The fourth-order valence-corrected chi connectivity index (χ4v) is 2.93. The highest BCUT2D eigenvalue weighted by Crippen LogP contribution is 2.33. The van der Waals surface area contributed by atoms with Gasteiger partial charge in [-0.2, -0.15) is 0 Å². The van der Waals surface area contributed by atoms with E-state index >= 15 is 0 Å². The van der Waals surface area contributed by atoms with E-state index < -0.39 is 0 Å². The highest BCUT2D eigenvalue weighted by Gasteiger charge is 2.25. The van der Waals surface area contributed by atoms with Crippen LogP contribution in [0.4, 0.5) is 5.69 Å². The Morgan fingerprint density at radius 3 is 2.74 bits per heavy atom. The van der Waals surface area contributed by atoms with Crippen molar-refractivity contribution in [2.45, 2.75) is 45.7 Å². The van der Waals surface area contributed by atoms with E-state index in [1.165, 1.54) is 12.8 Å². The van der Waals surface area contributed by atoms with Gasteiger partial charge < -0.3 is 15.3 Å². The third kappa shape index (κ3) is 2.86. The molecule has 0 aromatic heterocycles. The summed E-state index contributed by atoms with van der Waals surface area (Å²) in [4.78, 5) is 2.42. The van der Waals surface area contributed by atoms with E-state index in [1.54, 1.807) is 0 Å².